The number of piperidine rings is 1. The summed E-state index contributed by atoms with van der Waals surface area (Å²) in [4.78, 5) is 44.1. The molecular weight excluding hydrogens is 276 g/mol. The number of hydrogen-bond acceptors (Lipinski definition) is 5. The van der Waals surface area contributed by atoms with Crippen molar-refractivity contribution in [1.82, 2.24) is 14.9 Å². The van der Waals surface area contributed by atoms with Crippen LogP contribution in [0.15, 0.2) is 4.79 Å². The number of carbonyl (C=O) groups excluding carboxylic acids is 2. The number of H-pyrrole nitrogens is 1. The average molecular weight is 292 g/mol. The van der Waals surface area contributed by atoms with Crippen LogP contribution in [0.3, 0.4) is 0 Å². The molecule has 1 unspecified atom stereocenters. The van der Waals surface area contributed by atoms with Crippen molar-refractivity contribution in [1.29, 1.82) is 0 Å². The van der Waals surface area contributed by atoms with Crippen LogP contribution in [0.1, 0.15) is 48.4 Å². The Morgan fingerprint density at radius 3 is 3.00 bits per heavy atom. The molecule has 0 radical (unpaired) electrons. The van der Waals surface area contributed by atoms with Crippen LogP contribution in [-0.2, 0) is 4.74 Å². The lowest BCUT2D eigenvalue weighted by atomic mass is 9.95. The Bertz CT molecular complexity index is 654. The molecular formula is C13H16N4O4. The van der Waals surface area contributed by atoms with Crippen molar-refractivity contribution in [3.8, 4) is 0 Å². The number of aromatic nitrogens is 2. The van der Waals surface area contributed by atoms with Crippen molar-refractivity contribution in [3.63, 3.8) is 0 Å². The molecule has 8 nitrogen and oxygen atoms in total. The van der Waals surface area contributed by atoms with Crippen LogP contribution in [0.25, 0.3) is 0 Å². The predicted molar refractivity (Wildman–Crippen MR) is 73.1 cm³/mol. The lowest BCUT2D eigenvalue weighted by Gasteiger charge is -2.39. The molecule has 0 aromatic carbocycles. The summed E-state index contributed by atoms with van der Waals surface area (Å²) < 4.78 is 4.81. The maximum atomic E-state index is 12.3. The lowest BCUT2D eigenvalue weighted by molar-refractivity contribution is 0.0511. The second-order valence-electron chi connectivity index (χ2n) is 5.03. The number of hydrogen-bond donors (Lipinski definition) is 2. The van der Waals surface area contributed by atoms with Crippen molar-refractivity contribution in [2.24, 2.45) is 0 Å². The second-order valence-corrected chi connectivity index (χ2v) is 5.03. The molecule has 0 aliphatic carbocycles. The first-order valence-corrected chi connectivity index (χ1v) is 7.00. The number of urea groups is 1. The van der Waals surface area contributed by atoms with Crippen LogP contribution in [0.2, 0.25) is 0 Å². The summed E-state index contributed by atoms with van der Waals surface area (Å²) in [5, 5.41) is 2.59. The molecule has 1 saturated heterocycles. The largest absolute Gasteiger partial charge is 0.460 e. The van der Waals surface area contributed by atoms with E-state index in [0.29, 0.717) is 12.1 Å². The van der Waals surface area contributed by atoms with Gasteiger partial charge in [0.05, 0.1) is 18.2 Å². The number of nitrogens with one attached hydrogen (secondary N) is 2. The van der Waals surface area contributed by atoms with Gasteiger partial charge in [-0.3, -0.25) is 10.1 Å². The van der Waals surface area contributed by atoms with Gasteiger partial charge >= 0.3 is 12.0 Å². The molecule has 1 fully saturated rings. The average Bonchev–Trinajstić information content (AvgIpc) is 2.47. The van der Waals surface area contributed by atoms with Gasteiger partial charge in [-0.1, -0.05) is 0 Å². The Labute approximate surface area is 120 Å². The molecule has 1 atom stereocenters. The lowest BCUT2D eigenvalue weighted by Crippen LogP contribution is -2.47. The molecule has 2 amide bonds. The number of aromatic amines is 1. The third kappa shape index (κ3) is 2.26. The first kappa shape index (κ1) is 13.6. The molecule has 21 heavy (non-hydrogen) atoms. The summed E-state index contributed by atoms with van der Waals surface area (Å²) in [6, 6.07) is -0.546. The van der Waals surface area contributed by atoms with Crippen LogP contribution in [0.4, 0.5) is 10.6 Å². The molecule has 8 heteroatoms. The summed E-state index contributed by atoms with van der Waals surface area (Å²) in [7, 11) is 0. The molecule has 2 N–H and O–H groups in total. The van der Waals surface area contributed by atoms with E-state index in [0.717, 1.165) is 19.3 Å². The molecule has 3 rings (SSSR count). The number of ether oxygens (including phenoxy) is 1. The minimum atomic E-state index is -0.710. The van der Waals surface area contributed by atoms with Gasteiger partial charge in [0.2, 0.25) is 5.82 Å². The maximum absolute atomic E-state index is 12.3. The van der Waals surface area contributed by atoms with E-state index < -0.39 is 11.5 Å². The fourth-order valence-electron chi connectivity index (χ4n) is 2.83. The molecule has 0 spiro atoms. The van der Waals surface area contributed by atoms with E-state index in [2.05, 4.69) is 15.3 Å². The van der Waals surface area contributed by atoms with Crippen molar-refractivity contribution < 1.29 is 14.3 Å². The van der Waals surface area contributed by atoms with E-state index in [-0.39, 0.29) is 30.3 Å². The van der Waals surface area contributed by atoms with Crippen molar-refractivity contribution in [3.05, 3.63) is 21.7 Å². The first-order valence-electron chi connectivity index (χ1n) is 7.00. The van der Waals surface area contributed by atoms with Gasteiger partial charge in [-0.05, 0) is 26.2 Å². The van der Waals surface area contributed by atoms with Gasteiger partial charge in [-0.25, -0.2) is 14.6 Å². The van der Waals surface area contributed by atoms with Gasteiger partial charge in [-0.2, -0.15) is 0 Å². The van der Waals surface area contributed by atoms with Crippen molar-refractivity contribution >= 4 is 17.8 Å². The van der Waals surface area contributed by atoms with Crippen molar-refractivity contribution in [2.75, 3.05) is 18.5 Å². The molecule has 3 heterocycles. The summed E-state index contributed by atoms with van der Waals surface area (Å²) in [6.45, 7) is 2.47. The highest BCUT2D eigenvalue weighted by Crippen LogP contribution is 2.35. The Hall–Kier alpha value is -2.38. The molecule has 112 valence electrons. The number of carbonyl (C=O) groups is 2. The number of rotatable bonds is 2. The molecule has 0 saturated carbocycles. The normalized spacial score (nSPS) is 20.3. The van der Waals surface area contributed by atoms with Crippen LogP contribution in [0.5, 0.6) is 0 Å². The van der Waals surface area contributed by atoms with E-state index in [9.17, 15) is 14.4 Å². The number of anilines is 1. The Morgan fingerprint density at radius 2 is 2.24 bits per heavy atom. The fraction of sp³-hybridized carbons (Fsp3) is 0.538. The number of fused-ring (bicyclic) bond motifs is 3. The van der Waals surface area contributed by atoms with Gasteiger partial charge in [0.15, 0.2) is 0 Å². The molecule has 1 aromatic heterocycles. The third-order valence-electron chi connectivity index (χ3n) is 3.75. The molecule has 2 aliphatic rings. The standard InChI is InChI=1S/C13H16N4O4/c1-2-21-12(19)10-14-9-8(11(18)15-10)7-5-3-4-6-17(7)13(20)16-9/h7H,2-6H2,1H3,(H2,14,15,16,18,20). The summed E-state index contributed by atoms with van der Waals surface area (Å²) >= 11 is 0. The van der Waals surface area contributed by atoms with Gasteiger partial charge < -0.3 is 14.6 Å². The highest BCUT2D eigenvalue weighted by atomic mass is 16.5. The van der Waals surface area contributed by atoms with E-state index in [1.165, 1.54) is 0 Å². The zero-order valence-electron chi connectivity index (χ0n) is 11.6. The maximum Gasteiger partial charge on any atom is 0.374 e. The van der Waals surface area contributed by atoms with Gasteiger partial charge in [0, 0.05) is 6.54 Å². The Kier molecular flexibility index (Phi) is 3.36. The van der Waals surface area contributed by atoms with Gasteiger partial charge in [0.1, 0.15) is 5.82 Å². The topological polar surface area (TPSA) is 104 Å². The minimum Gasteiger partial charge on any atom is -0.460 e. The van der Waals surface area contributed by atoms with Gasteiger partial charge in [0.25, 0.3) is 5.56 Å². The van der Waals surface area contributed by atoms with Gasteiger partial charge in [-0.15, -0.1) is 0 Å². The smallest absolute Gasteiger partial charge is 0.374 e. The van der Waals surface area contributed by atoms with Crippen LogP contribution >= 0.6 is 0 Å². The number of esters is 1. The second kappa shape index (κ2) is 5.19. The van der Waals surface area contributed by atoms with E-state index >= 15 is 0 Å². The zero-order valence-corrected chi connectivity index (χ0v) is 11.6. The third-order valence-corrected chi connectivity index (χ3v) is 3.75. The quantitative estimate of drug-likeness (QED) is 0.792. The minimum absolute atomic E-state index is 0.162. The number of nitrogens with zero attached hydrogens (tertiary/aromatic N) is 2. The molecule has 1 aromatic rings. The first-order chi connectivity index (χ1) is 10.1. The van der Waals surface area contributed by atoms with Crippen LogP contribution in [-0.4, -0.2) is 40.0 Å². The SMILES string of the molecule is CCOC(=O)c1nc2c(c(=O)[nH]1)C1CCCCN1C(=O)N2. The Balaban J connectivity index is 2.05. The summed E-state index contributed by atoms with van der Waals surface area (Å²) in [6.07, 6.45) is 2.60. The Morgan fingerprint density at radius 1 is 1.43 bits per heavy atom. The van der Waals surface area contributed by atoms with Crippen LogP contribution in [0, 0.1) is 0 Å². The highest BCUT2D eigenvalue weighted by molar-refractivity contribution is 5.93. The zero-order chi connectivity index (χ0) is 15.0. The van der Waals surface area contributed by atoms with E-state index in [1.54, 1.807) is 11.8 Å². The molecule has 0 bridgehead atoms. The fourth-order valence-corrected chi connectivity index (χ4v) is 2.83. The highest BCUT2D eigenvalue weighted by Gasteiger charge is 2.37. The van der Waals surface area contributed by atoms with Crippen LogP contribution < -0.4 is 10.9 Å². The number of amides is 2. The summed E-state index contributed by atoms with van der Waals surface area (Å²) in [5.74, 6) is -0.738. The van der Waals surface area contributed by atoms with Crippen molar-refractivity contribution in [2.45, 2.75) is 32.2 Å². The van der Waals surface area contributed by atoms with E-state index in [1.807, 2.05) is 0 Å². The monoisotopic (exact) mass is 292 g/mol. The summed E-state index contributed by atoms with van der Waals surface area (Å²) in [5.41, 5.74) is 0.0160. The van der Waals surface area contributed by atoms with E-state index in [4.69, 9.17) is 4.74 Å². The molecule has 2 aliphatic heterocycles. The predicted octanol–water partition coefficient (Wildman–Crippen LogP) is 1.02.